The first-order valence-electron chi connectivity index (χ1n) is 6.46. The number of aromatic nitrogens is 3. The molecule has 0 aliphatic rings. The molecule has 0 saturated carbocycles. The van der Waals surface area contributed by atoms with E-state index in [1.165, 1.54) is 5.56 Å². The second kappa shape index (κ2) is 6.73. The minimum Gasteiger partial charge on any atom is -0.392 e. The maximum absolute atomic E-state index is 9.01. The summed E-state index contributed by atoms with van der Waals surface area (Å²) < 4.78 is 2.16. The number of hydrogen-bond acceptors (Lipinski definition) is 4. The van der Waals surface area contributed by atoms with Gasteiger partial charge in [-0.2, -0.15) is 0 Å². The van der Waals surface area contributed by atoms with Gasteiger partial charge in [0.1, 0.15) is 5.82 Å². The highest BCUT2D eigenvalue weighted by molar-refractivity contribution is 7.98. The van der Waals surface area contributed by atoms with Crippen molar-refractivity contribution in [3.8, 4) is 0 Å². The molecule has 0 radical (unpaired) electrons. The van der Waals surface area contributed by atoms with Crippen molar-refractivity contribution in [2.75, 3.05) is 0 Å². The topological polar surface area (TPSA) is 50.9 Å². The van der Waals surface area contributed by atoms with E-state index in [4.69, 9.17) is 5.11 Å². The van der Waals surface area contributed by atoms with E-state index < -0.39 is 0 Å². The van der Waals surface area contributed by atoms with Gasteiger partial charge in [0.15, 0.2) is 5.16 Å². The molecule has 2 aromatic rings. The van der Waals surface area contributed by atoms with E-state index in [1.54, 1.807) is 11.8 Å². The maximum atomic E-state index is 9.01. The van der Waals surface area contributed by atoms with Crippen LogP contribution in [0, 0.1) is 6.92 Å². The molecule has 1 heterocycles. The first kappa shape index (κ1) is 14.1. The molecule has 1 aromatic heterocycles. The molecule has 102 valence electrons. The Morgan fingerprint density at radius 1 is 1.16 bits per heavy atom. The number of benzene rings is 1. The molecule has 5 heteroatoms. The number of aliphatic hydroxyl groups excluding tert-OH is 1. The van der Waals surface area contributed by atoms with Crippen molar-refractivity contribution in [3.63, 3.8) is 0 Å². The zero-order valence-electron chi connectivity index (χ0n) is 11.3. The van der Waals surface area contributed by atoms with Gasteiger partial charge in [0.05, 0.1) is 6.61 Å². The fourth-order valence-electron chi connectivity index (χ4n) is 1.84. The summed E-state index contributed by atoms with van der Waals surface area (Å²) in [6.07, 6.45) is 1.08. The van der Waals surface area contributed by atoms with Crippen molar-refractivity contribution in [3.05, 3.63) is 41.2 Å². The van der Waals surface area contributed by atoms with Crippen LogP contribution in [0.5, 0.6) is 0 Å². The molecule has 0 atom stereocenters. The summed E-state index contributed by atoms with van der Waals surface area (Å²) in [6, 6.07) is 8.01. The van der Waals surface area contributed by atoms with Crippen molar-refractivity contribution in [2.45, 2.75) is 44.3 Å². The fraction of sp³-hybridized carbons (Fsp3) is 0.429. The highest BCUT2D eigenvalue weighted by atomic mass is 32.2. The molecule has 2 rings (SSSR count). The second-order valence-electron chi connectivity index (χ2n) is 4.44. The lowest BCUT2D eigenvalue weighted by Crippen LogP contribution is -2.01. The van der Waals surface area contributed by atoms with Gasteiger partial charge in [-0.05, 0) is 24.5 Å². The molecular weight excluding hydrogens is 258 g/mol. The Labute approximate surface area is 117 Å². The molecule has 0 aliphatic carbocycles. The summed E-state index contributed by atoms with van der Waals surface area (Å²) in [5.41, 5.74) is 2.17. The minimum atomic E-state index is 0.0947. The van der Waals surface area contributed by atoms with Gasteiger partial charge in [-0.3, -0.25) is 0 Å². The van der Waals surface area contributed by atoms with Crippen LogP contribution in [-0.2, 0) is 18.9 Å². The van der Waals surface area contributed by atoms with Crippen LogP contribution in [0.4, 0.5) is 0 Å². The van der Waals surface area contributed by atoms with Crippen LogP contribution in [0.1, 0.15) is 30.3 Å². The molecule has 0 bridgehead atoms. The third kappa shape index (κ3) is 3.58. The Morgan fingerprint density at radius 2 is 1.84 bits per heavy atom. The summed E-state index contributed by atoms with van der Waals surface area (Å²) in [7, 11) is 0. The lowest BCUT2D eigenvalue weighted by atomic mass is 10.2. The van der Waals surface area contributed by atoms with E-state index in [0.29, 0.717) is 0 Å². The van der Waals surface area contributed by atoms with Crippen LogP contribution in [0.2, 0.25) is 0 Å². The number of aliphatic hydroxyl groups is 1. The number of hydrogen-bond donors (Lipinski definition) is 1. The van der Waals surface area contributed by atoms with Gasteiger partial charge in [-0.15, -0.1) is 10.2 Å². The summed E-state index contributed by atoms with van der Waals surface area (Å²) >= 11 is 1.70. The van der Waals surface area contributed by atoms with E-state index in [0.717, 1.165) is 35.3 Å². The van der Waals surface area contributed by atoms with Crippen molar-refractivity contribution in [1.82, 2.24) is 14.8 Å². The predicted octanol–water partition coefficient (Wildman–Crippen LogP) is 2.78. The summed E-state index contributed by atoms with van der Waals surface area (Å²) in [5.74, 6) is 1.84. The third-order valence-electron chi connectivity index (χ3n) is 2.92. The van der Waals surface area contributed by atoms with E-state index >= 15 is 0 Å². The standard InChI is InChI=1S/C14H19N3OS/c1-3-8-17-11(2)15-16-14(17)19-10-13-6-4-12(9-18)5-7-13/h4-7,18H,3,8-10H2,1-2H3. The molecule has 0 fully saturated rings. The van der Waals surface area contributed by atoms with Gasteiger partial charge in [0, 0.05) is 12.3 Å². The van der Waals surface area contributed by atoms with Gasteiger partial charge in [-0.25, -0.2) is 0 Å². The van der Waals surface area contributed by atoms with Crippen molar-refractivity contribution in [2.24, 2.45) is 0 Å². The Balaban J connectivity index is 2.01. The van der Waals surface area contributed by atoms with Crippen LogP contribution in [0.25, 0.3) is 0 Å². The molecule has 0 spiro atoms. The zero-order valence-corrected chi connectivity index (χ0v) is 12.2. The Hall–Kier alpha value is -1.33. The van der Waals surface area contributed by atoms with Crippen LogP contribution in [0.15, 0.2) is 29.4 Å². The Morgan fingerprint density at radius 3 is 2.47 bits per heavy atom. The first-order chi connectivity index (χ1) is 9.24. The number of rotatable bonds is 6. The smallest absolute Gasteiger partial charge is 0.191 e. The van der Waals surface area contributed by atoms with E-state index in [9.17, 15) is 0 Å². The molecule has 19 heavy (non-hydrogen) atoms. The molecule has 0 amide bonds. The largest absolute Gasteiger partial charge is 0.392 e. The van der Waals surface area contributed by atoms with Gasteiger partial charge < -0.3 is 9.67 Å². The quantitative estimate of drug-likeness (QED) is 0.825. The second-order valence-corrected chi connectivity index (χ2v) is 5.39. The molecular formula is C14H19N3OS. The average Bonchev–Trinajstić information content (AvgIpc) is 2.79. The van der Waals surface area contributed by atoms with Crippen molar-refractivity contribution < 1.29 is 5.11 Å². The molecule has 4 nitrogen and oxygen atoms in total. The monoisotopic (exact) mass is 277 g/mol. The van der Waals surface area contributed by atoms with Crippen LogP contribution >= 0.6 is 11.8 Å². The summed E-state index contributed by atoms with van der Waals surface area (Å²) in [5, 5.41) is 18.3. The lowest BCUT2D eigenvalue weighted by Gasteiger charge is -2.06. The molecule has 0 aliphatic heterocycles. The number of nitrogens with zero attached hydrogens (tertiary/aromatic N) is 3. The van der Waals surface area contributed by atoms with Gasteiger partial charge >= 0.3 is 0 Å². The van der Waals surface area contributed by atoms with Crippen LogP contribution < -0.4 is 0 Å². The average molecular weight is 277 g/mol. The number of aryl methyl sites for hydroxylation is 1. The fourth-order valence-corrected chi connectivity index (χ4v) is 2.80. The lowest BCUT2D eigenvalue weighted by molar-refractivity contribution is 0.282. The molecule has 0 saturated heterocycles. The highest BCUT2D eigenvalue weighted by Gasteiger charge is 2.08. The van der Waals surface area contributed by atoms with Crippen LogP contribution in [0.3, 0.4) is 0 Å². The van der Waals surface area contributed by atoms with Crippen molar-refractivity contribution >= 4 is 11.8 Å². The summed E-state index contributed by atoms with van der Waals surface area (Å²) in [6.45, 7) is 5.20. The van der Waals surface area contributed by atoms with Crippen LogP contribution in [-0.4, -0.2) is 19.9 Å². The first-order valence-corrected chi connectivity index (χ1v) is 7.44. The maximum Gasteiger partial charge on any atom is 0.191 e. The van der Waals surface area contributed by atoms with Gasteiger partial charge in [0.25, 0.3) is 0 Å². The normalized spacial score (nSPS) is 10.9. The Bertz CT molecular complexity index is 522. The highest BCUT2D eigenvalue weighted by Crippen LogP contribution is 2.22. The van der Waals surface area contributed by atoms with Gasteiger partial charge in [-0.1, -0.05) is 43.0 Å². The molecule has 1 aromatic carbocycles. The van der Waals surface area contributed by atoms with Gasteiger partial charge in [0.2, 0.25) is 0 Å². The van der Waals surface area contributed by atoms with E-state index in [1.807, 2.05) is 31.2 Å². The zero-order chi connectivity index (χ0) is 13.7. The van der Waals surface area contributed by atoms with Crippen molar-refractivity contribution in [1.29, 1.82) is 0 Å². The van der Waals surface area contributed by atoms with E-state index in [2.05, 4.69) is 21.7 Å². The SMILES string of the molecule is CCCn1c(C)nnc1SCc1ccc(CO)cc1. The number of thioether (sulfide) groups is 1. The Kier molecular flexibility index (Phi) is 4.99. The third-order valence-corrected chi connectivity index (χ3v) is 3.96. The molecule has 1 N–H and O–H groups in total. The van der Waals surface area contributed by atoms with E-state index in [-0.39, 0.29) is 6.61 Å². The predicted molar refractivity (Wildman–Crippen MR) is 77.0 cm³/mol. The molecule has 0 unspecified atom stereocenters. The summed E-state index contributed by atoms with van der Waals surface area (Å²) in [4.78, 5) is 0. The minimum absolute atomic E-state index is 0.0947.